The Labute approximate surface area is 122 Å². The van der Waals surface area contributed by atoms with E-state index in [9.17, 15) is 0 Å². The van der Waals surface area contributed by atoms with Gasteiger partial charge in [-0.3, -0.25) is 4.90 Å². The number of ether oxygens (including phenoxy) is 1. The highest BCUT2D eigenvalue weighted by atomic mass is 35.5. The molecule has 106 valence electrons. The molecule has 1 aliphatic heterocycles. The molecule has 0 amide bonds. The number of rotatable bonds is 3. The van der Waals surface area contributed by atoms with Gasteiger partial charge in [0.05, 0.1) is 19.3 Å². The van der Waals surface area contributed by atoms with Crippen LogP contribution >= 0.6 is 11.6 Å². The Morgan fingerprint density at radius 3 is 2.80 bits per heavy atom. The van der Waals surface area contributed by atoms with Crippen molar-refractivity contribution in [2.45, 2.75) is 19.6 Å². The third-order valence-corrected chi connectivity index (χ3v) is 3.57. The smallest absolute Gasteiger partial charge is 0.230 e. The largest absolute Gasteiger partial charge is 0.424 e. The van der Waals surface area contributed by atoms with E-state index in [0.29, 0.717) is 24.9 Å². The van der Waals surface area contributed by atoms with Crippen LogP contribution in [-0.2, 0) is 11.3 Å². The van der Waals surface area contributed by atoms with Crippen LogP contribution in [0.2, 0.25) is 5.02 Å². The molecule has 0 N–H and O–H groups in total. The van der Waals surface area contributed by atoms with E-state index in [1.165, 1.54) is 0 Å². The average molecular weight is 294 g/mol. The molecule has 2 aromatic rings. The Morgan fingerprint density at radius 2 is 2.10 bits per heavy atom. The zero-order chi connectivity index (χ0) is 13.9. The lowest BCUT2D eigenvalue weighted by Gasteiger charge is -2.32. The molecule has 0 spiro atoms. The van der Waals surface area contributed by atoms with Gasteiger partial charge in [-0.25, -0.2) is 0 Å². The van der Waals surface area contributed by atoms with Gasteiger partial charge in [0.15, 0.2) is 0 Å². The van der Waals surface area contributed by atoms with Gasteiger partial charge in [0, 0.05) is 25.0 Å². The monoisotopic (exact) mass is 293 g/mol. The second kappa shape index (κ2) is 5.91. The highest BCUT2D eigenvalue weighted by Crippen LogP contribution is 2.24. The van der Waals surface area contributed by atoms with Gasteiger partial charge in [0.1, 0.15) is 0 Å². The summed E-state index contributed by atoms with van der Waals surface area (Å²) in [6.45, 7) is 4.83. The molecule has 5 nitrogen and oxygen atoms in total. The topological polar surface area (TPSA) is 51.4 Å². The molecule has 1 aromatic carbocycles. The Balaban J connectivity index is 1.65. The molecule has 1 unspecified atom stereocenters. The second-order valence-electron chi connectivity index (χ2n) is 4.86. The summed E-state index contributed by atoms with van der Waals surface area (Å²) in [5.74, 6) is 1.25. The quantitative estimate of drug-likeness (QED) is 0.870. The number of halogens is 1. The van der Waals surface area contributed by atoms with Crippen LogP contribution in [0, 0.1) is 6.92 Å². The summed E-state index contributed by atoms with van der Waals surface area (Å²) in [6.07, 6.45) is 0.0602. The Hall–Kier alpha value is -1.43. The number of aromatic nitrogens is 2. The zero-order valence-corrected chi connectivity index (χ0v) is 12.0. The Morgan fingerprint density at radius 1 is 1.30 bits per heavy atom. The van der Waals surface area contributed by atoms with Crippen molar-refractivity contribution in [2.75, 3.05) is 19.7 Å². The number of benzene rings is 1. The van der Waals surface area contributed by atoms with E-state index in [1.807, 2.05) is 24.3 Å². The van der Waals surface area contributed by atoms with Crippen molar-refractivity contribution >= 4 is 11.6 Å². The lowest BCUT2D eigenvalue weighted by atomic mass is 10.1. The predicted octanol–water partition coefficient (Wildman–Crippen LogP) is 2.60. The third kappa shape index (κ3) is 3.17. The van der Waals surface area contributed by atoms with Crippen LogP contribution in [0.4, 0.5) is 0 Å². The Bertz CT molecular complexity index is 570. The van der Waals surface area contributed by atoms with E-state index in [-0.39, 0.29) is 6.10 Å². The highest BCUT2D eigenvalue weighted by Gasteiger charge is 2.23. The first-order valence-corrected chi connectivity index (χ1v) is 6.97. The first kappa shape index (κ1) is 13.5. The van der Waals surface area contributed by atoms with E-state index < -0.39 is 0 Å². The summed E-state index contributed by atoms with van der Waals surface area (Å²) >= 11 is 5.91. The van der Waals surface area contributed by atoms with Gasteiger partial charge in [-0.1, -0.05) is 23.7 Å². The summed E-state index contributed by atoms with van der Waals surface area (Å²) < 4.78 is 11.2. The molecular weight excluding hydrogens is 278 g/mol. The van der Waals surface area contributed by atoms with Crippen LogP contribution in [-0.4, -0.2) is 34.8 Å². The van der Waals surface area contributed by atoms with Gasteiger partial charge < -0.3 is 9.15 Å². The molecule has 20 heavy (non-hydrogen) atoms. The third-order valence-electron chi connectivity index (χ3n) is 3.32. The van der Waals surface area contributed by atoms with Gasteiger partial charge in [-0.2, -0.15) is 0 Å². The molecule has 1 aliphatic rings. The SMILES string of the molecule is Cc1nnc(CN2CCOC(c3ccc(Cl)cc3)C2)o1. The molecule has 0 bridgehead atoms. The van der Waals surface area contributed by atoms with Crippen molar-refractivity contribution in [2.24, 2.45) is 0 Å². The van der Waals surface area contributed by atoms with E-state index in [2.05, 4.69) is 15.1 Å². The maximum absolute atomic E-state index is 5.91. The number of nitrogens with zero attached hydrogens (tertiary/aromatic N) is 3. The van der Waals surface area contributed by atoms with Crippen LogP contribution in [0.1, 0.15) is 23.4 Å². The lowest BCUT2D eigenvalue weighted by molar-refractivity contribution is -0.0352. The zero-order valence-electron chi connectivity index (χ0n) is 11.3. The van der Waals surface area contributed by atoms with Crippen LogP contribution in [0.3, 0.4) is 0 Å². The van der Waals surface area contributed by atoms with Crippen LogP contribution in [0.25, 0.3) is 0 Å². The molecular formula is C14H16ClN3O2. The van der Waals surface area contributed by atoms with Gasteiger partial charge in [-0.05, 0) is 17.7 Å². The molecule has 2 heterocycles. The summed E-state index contributed by atoms with van der Waals surface area (Å²) in [5.41, 5.74) is 1.14. The molecule has 1 fully saturated rings. The Kier molecular flexibility index (Phi) is 4.00. The second-order valence-corrected chi connectivity index (χ2v) is 5.30. The standard InChI is InChI=1S/C14H16ClN3O2/c1-10-16-17-14(20-10)9-18-6-7-19-13(8-18)11-2-4-12(15)5-3-11/h2-5,13H,6-9H2,1H3. The summed E-state index contributed by atoms with van der Waals surface area (Å²) in [6, 6.07) is 7.79. The van der Waals surface area contributed by atoms with Crippen molar-refractivity contribution < 1.29 is 9.15 Å². The van der Waals surface area contributed by atoms with E-state index in [1.54, 1.807) is 6.92 Å². The van der Waals surface area contributed by atoms with Crippen LogP contribution in [0.15, 0.2) is 28.7 Å². The minimum absolute atomic E-state index is 0.0602. The predicted molar refractivity (Wildman–Crippen MR) is 74.5 cm³/mol. The number of morpholine rings is 1. The fourth-order valence-corrected chi connectivity index (χ4v) is 2.44. The maximum Gasteiger partial charge on any atom is 0.230 e. The van der Waals surface area contributed by atoms with Crippen molar-refractivity contribution in [3.63, 3.8) is 0 Å². The minimum Gasteiger partial charge on any atom is -0.424 e. The van der Waals surface area contributed by atoms with E-state index in [4.69, 9.17) is 20.8 Å². The molecule has 0 aliphatic carbocycles. The summed E-state index contributed by atoms with van der Waals surface area (Å²) in [4.78, 5) is 2.26. The number of hydrogen-bond acceptors (Lipinski definition) is 5. The molecule has 1 saturated heterocycles. The molecule has 3 rings (SSSR count). The first-order valence-electron chi connectivity index (χ1n) is 6.59. The van der Waals surface area contributed by atoms with Crippen molar-refractivity contribution in [1.82, 2.24) is 15.1 Å². The molecule has 6 heteroatoms. The molecule has 0 saturated carbocycles. The van der Waals surface area contributed by atoms with Crippen molar-refractivity contribution in [1.29, 1.82) is 0 Å². The van der Waals surface area contributed by atoms with Gasteiger partial charge in [0.2, 0.25) is 11.8 Å². The van der Waals surface area contributed by atoms with Crippen LogP contribution in [0.5, 0.6) is 0 Å². The molecule has 1 aromatic heterocycles. The van der Waals surface area contributed by atoms with E-state index >= 15 is 0 Å². The minimum atomic E-state index is 0.0602. The van der Waals surface area contributed by atoms with Crippen LogP contribution < -0.4 is 0 Å². The maximum atomic E-state index is 5.91. The number of aryl methyl sites for hydroxylation is 1. The number of hydrogen-bond donors (Lipinski definition) is 0. The van der Waals surface area contributed by atoms with Gasteiger partial charge in [-0.15, -0.1) is 10.2 Å². The molecule has 0 radical (unpaired) electrons. The fraction of sp³-hybridized carbons (Fsp3) is 0.429. The van der Waals surface area contributed by atoms with Gasteiger partial charge >= 0.3 is 0 Å². The lowest BCUT2D eigenvalue weighted by Crippen LogP contribution is -2.37. The highest BCUT2D eigenvalue weighted by molar-refractivity contribution is 6.30. The van der Waals surface area contributed by atoms with Crippen molar-refractivity contribution in [3.05, 3.63) is 46.6 Å². The normalized spacial score (nSPS) is 20.2. The summed E-state index contributed by atoms with van der Waals surface area (Å²) in [5, 5.41) is 8.62. The first-order chi connectivity index (χ1) is 9.70. The van der Waals surface area contributed by atoms with E-state index in [0.717, 1.165) is 23.7 Å². The van der Waals surface area contributed by atoms with Crippen molar-refractivity contribution in [3.8, 4) is 0 Å². The summed E-state index contributed by atoms with van der Waals surface area (Å²) in [7, 11) is 0. The average Bonchev–Trinajstić information content (AvgIpc) is 2.85. The molecule has 1 atom stereocenters. The van der Waals surface area contributed by atoms with Gasteiger partial charge in [0.25, 0.3) is 0 Å². The fourth-order valence-electron chi connectivity index (χ4n) is 2.32.